The zero-order valence-electron chi connectivity index (χ0n) is 23.4. The average Bonchev–Trinajstić information content (AvgIpc) is 3.57. The molecule has 4 aromatic rings. The molecule has 1 spiro atoms. The Morgan fingerprint density at radius 1 is 1.02 bits per heavy atom. The first-order valence-electron chi connectivity index (χ1n) is 14.7. The molecule has 2 amide bonds. The summed E-state index contributed by atoms with van der Waals surface area (Å²) in [5, 5.41) is 0. The second-order valence-electron chi connectivity index (χ2n) is 11.9. The fourth-order valence-electron chi connectivity index (χ4n) is 7.04. The Morgan fingerprint density at radius 2 is 1.76 bits per heavy atom. The molecular formula is C32H35N5O4. The molecule has 0 saturated carbocycles. The number of fused-ring (bicyclic) bond motifs is 3. The summed E-state index contributed by atoms with van der Waals surface area (Å²) in [5.74, 6) is 1.27. The number of ether oxygens (including phenoxy) is 1. The van der Waals surface area contributed by atoms with Crippen LogP contribution in [-0.4, -0.2) is 68.8 Å². The van der Waals surface area contributed by atoms with Gasteiger partial charge in [-0.15, -0.1) is 0 Å². The van der Waals surface area contributed by atoms with Gasteiger partial charge in [-0.05, 0) is 62.3 Å². The maximum absolute atomic E-state index is 13.8. The van der Waals surface area contributed by atoms with E-state index in [-0.39, 0.29) is 28.7 Å². The van der Waals surface area contributed by atoms with E-state index in [2.05, 4.69) is 22.1 Å². The van der Waals surface area contributed by atoms with Crippen molar-refractivity contribution in [2.45, 2.75) is 51.5 Å². The van der Waals surface area contributed by atoms with E-state index in [0.29, 0.717) is 62.3 Å². The summed E-state index contributed by atoms with van der Waals surface area (Å²) in [6, 6.07) is 13.9. The van der Waals surface area contributed by atoms with Gasteiger partial charge in [0.25, 0.3) is 11.5 Å². The smallest absolute Gasteiger partial charge is 0.274 e. The van der Waals surface area contributed by atoms with Gasteiger partial charge in [0.15, 0.2) is 0 Å². The monoisotopic (exact) mass is 553 g/mol. The quantitative estimate of drug-likeness (QED) is 0.411. The number of nitrogens with one attached hydrogen (secondary N) is 1. The van der Waals surface area contributed by atoms with Crippen molar-refractivity contribution in [2.75, 3.05) is 32.8 Å². The van der Waals surface area contributed by atoms with Crippen LogP contribution in [0.2, 0.25) is 0 Å². The molecule has 0 unspecified atom stereocenters. The van der Waals surface area contributed by atoms with Crippen LogP contribution in [0.25, 0.3) is 16.6 Å². The van der Waals surface area contributed by atoms with Crippen molar-refractivity contribution in [2.24, 2.45) is 5.41 Å². The summed E-state index contributed by atoms with van der Waals surface area (Å²) >= 11 is 0. The predicted molar refractivity (Wildman–Crippen MR) is 155 cm³/mol. The number of imidazole rings is 1. The number of aromatic nitrogens is 3. The van der Waals surface area contributed by atoms with Gasteiger partial charge in [0.2, 0.25) is 5.91 Å². The Morgan fingerprint density at radius 3 is 2.51 bits per heavy atom. The second-order valence-corrected chi connectivity index (χ2v) is 11.9. The van der Waals surface area contributed by atoms with Crippen LogP contribution in [0.4, 0.5) is 0 Å². The fraction of sp³-hybridized carbons (Fsp3) is 0.438. The summed E-state index contributed by atoms with van der Waals surface area (Å²) in [6.07, 6.45) is 5.57. The molecule has 3 aliphatic heterocycles. The highest BCUT2D eigenvalue weighted by Crippen LogP contribution is 2.42. The van der Waals surface area contributed by atoms with Crippen LogP contribution in [0.3, 0.4) is 0 Å². The van der Waals surface area contributed by atoms with Gasteiger partial charge in [0, 0.05) is 50.9 Å². The number of carbonyl (C=O) groups is 2. The summed E-state index contributed by atoms with van der Waals surface area (Å²) < 4.78 is 7.50. The third-order valence-electron chi connectivity index (χ3n) is 9.50. The number of likely N-dealkylation sites (tertiary alicyclic amines) is 2. The number of piperidine rings is 1. The van der Waals surface area contributed by atoms with E-state index in [9.17, 15) is 14.4 Å². The number of rotatable bonds is 4. The maximum atomic E-state index is 13.8. The van der Waals surface area contributed by atoms with Gasteiger partial charge in [-0.25, -0.2) is 4.98 Å². The van der Waals surface area contributed by atoms with Gasteiger partial charge in [-0.1, -0.05) is 30.3 Å². The number of benzene rings is 2. The van der Waals surface area contributed by atoms with Crippen LogP contribution in [0.15, 0.2) is 53.5 Å². The highest BCUT2D eigenvalue weighted by Gasteiger charge is 2.48. The topological polar surface area (TPSA) is 100 Å². The zero-order chi connectivity index (χ0) is 28.1. The molecule has 212 valence electrons. The molecule has 1 N–H and O–H groups in total. The van der Waals surface area contributed by atoms with Crippen molar-refractivity contribution < 1.29 is 14.3 Å². The van der Waals surface area contributed by atoms with E-state index in [4.69, 9.17) is 4.74 Å². The highest BCUT2D eigenvalue weighted by molar-refractivity contribution is 5.99. The molecule has 0 radical (unpaired) electrons. The number of hydrogen-bond donors (Lipinski definition) is 1. The lowest BCUT2D eigenvalue weighted by Gasteiger charge is -2.38. The molecule has 7 rings (SSSR count). The molecule has 0 bridgehead atoms. The van der Waals surface area contributed by atoms with Gasteiger partial charge in [-0.3, -0.25) is 18.8 Å². The molecule has 0 atom stereocenters. The lowest BCUT2D eigenvalue weighted by molar-refractivity contribution is -0.138. The predicted octanol–water partition coefficient (Wildman–Crippen LogP) is 4.03. The number of nitrogens with zero attached hydrogens (tertiary/aromatic N) is 4. The molecule has 2 aromatic carbocycles. The zero-order valence-corrected chi connectivity index (χ0v) is 23.4. The normalized spacial score (nSPS) is 19.6. The van der Waals surface area contributed by atoms with E-state index >= 15 is 0 Å². The third kappa shape index (κ3) is 4.43. The number of aryl methyl sites for hydroxylation is 1. The van der Waals surface area contributed by atoms with Crippen LogP contribution in [-0.2, 0) is 16.1 Å². The highest BCUT2D eigenvalue weighted by atomic mass is 16.5. The molecule has 41 heavy (non-hydrogen) atoms. The molecule has 0 aliphatic carbocycles. The van der Waals surface area contributed by atoms with Crippen molar-refractivity contribution in [3.8, 4) is 0 Å². The van der Waals surface area contributed by atoms with Crippen molar-refractivity contribution >= 4 is 28.4 Å². The molecule has 9 nitrogen and oxygen atoms in total. The van der Waals surface area contributed by atoms with E-state index in [0.717, 1.165) is 48.3 Å². The lowest BCUT2D eigenvalue weighted by atomic mass is 9.77. The van der Waals surface area contributed by atoms with Crippen LogP contribution >= 0.6 is 0 Å². The minimum absolute atomic E-state index is 0.0536. The largest absolute Gasteiger partial charge is 0.381 e. The summed E-state index contributed by atoms with van der Waals surface area (Å²) in [4.78, 5) is 51.7. The Labute approximate surface area is 238 Å². The summed E-state index contributed by atoms with van der Waals surface area (Å²) in [6.45, 7) is 5.81. The van der Waals surface area contributed by atoms with Gasteiger partial charge in [0.05, 0.1) is 22.6 Å². The van der Waals surface area contributed by atoms with Gasteiger partial charge < -0.3 is 19.5 Å². The lowest BCUT2D eigenvalue weighted by Crippen LogP contribution is -2.46. The van der Waals surface area contributed by atoms with E-state index < -0.39 is 0 Å². The Kier molecular flexibility index (Phi) is 6.42. The van der Waals surface area contributed by atoms with E-state index in [1.54, 1.807) is 6.20 Å². The van der Waals surface area contributed by atoms with Crippen LogP contribution < -0.4 is 5.56 Å². The summed E-state index contributed by atoms with van der Waals surface area (Å²) in [7, 11) is 0. The van der Waals surface area contributed by atoms with Gasteiger partial charge >= 0.3 is 0 Å². The SMILES string of the molecule is Cc1cc2c(cc1C(=O)N1CCC3(CC1)CCN(Cc1ccccc1)C3=O)[nH]c(=O)c1cnc(C3CCOCC3)n12. The number of carbonyl (C=O) groups excluding carboxylic acids is 2. The van der Waals surface area contributed by atoms with E-state index in [1.165, 1.54) is 0 Å². The van der Waals surface area contributed by atoms with Gasteiger partial charge in [-0.2, -0.15) is 0 Å². The van der Waals surface area contributed by atoms with E-state index in [1.807, 2.05) is 51.5 Å². The van der Waals surface area contributed by atoms with Crippen molar-refractivity contribution in [3.05, 3.63) is 81.5 Å². The molecule has 3 fully saturated rings. The van der Waals surface area contributed by atoms with Crippen LogP contribution in [0, 0.1) is 12.3 Å². The maximum Gasteiger partial charge on any atom is 0.274 e. The van der Waals surface area contributed by atoms with Crippen molar-refractivity contribution in [1.82, 2.24) is 24.2 Å². The first-order valence-corrected chi connectivity index (χ1v) is 14.7. The Hall–Kier alpha value is -3.98. The second kappa shape index (κ2) is 10.1. The Balaban J connectivity index is 1.12. The number of amides is 2. The molecule has 2 aromatic heterocycles. The average molecular weight is 554 g/mol. The van der Waals surface area contributed by atoms with Crippen molar-refractivity contribution in [1.29, 1.82) is 0 Å². The minimum Gasteiger partial charge on any atom is -0.381 e. The fourth-order valence-corrected chi connectivity index (χ4v) is 7.04. The third-order valence-corrected chi connectivity index (χ3v) is 9.50. The number of aromatic amines is 1. The molecule has 3 saturated heterocycles. The number of H-pyrrole nitrogens is 1. The van der Waals surface area contributed by atoms with Crippen LogP contribution in [0.5, 0.6) is 0 Å². The summed E-state index contributed by atoms with van der Waals surface area (Å²) in [5.41, 5.74) is 3.98. The van der Waals surface area contributed by atoms with Crippen LogP contribution in [0.1, 0.15) is 65.3 Å². The molecule has 9 heteroatoms. The molecule has 3 aliphatic rings. The van der Waals surface area contributed by atoms with Gasteiger partial charge in [0.1, 0.15) is 11.3 Å². The van der Waals surface area contributed by atoms with Crippen molar-refractivity contribution in [3.63, 3.8) is 0 Å². The molecule has 5 heterocycles. The Bertz CT molecular complexity index is 1690. The first kappa shape index (κ1) is 26.0. The molecular weight excluding hydrogens is 518 g/mol. The first-order chi connectivity index (χ1) is 19.9. The standard InChI is InChI=1S/C32H35N5O4/c1-21-17-26-25(34-29(38)27-19-33-28(37(26)27)23-7-15-41-16-8-23)18-24(21)30(39)35-12-9-32(10-13-35)11-14-36(31(32)40)20-22-5-3-2-4-6-22/h2-6,17-19,23H,7-16,20H2,1H3,(H,34,38). The minimum atomic E-state index is -0.372. The number of hydrogen-bond acceptors (Lipinski definition) is 5.